The number of imide groups is 2. The van der Waals surface area contributed by atoms with E-state index in [1.807, 2.05) is 48.1 Å². The summed E-state index contributed by atoms with van der Waals surface area (Å²) in [5.74, 6) is 0.221. The highest BCUT2D eigenvalue weighted by molar-refractivity contribution is 6.02. The van der Waals surface area contributed by atoms with Crippen LogP contribution in [0.2, 0.25) is 0 Å². The number of imidazole rings is 2. The molecule has 0 aliphatic carbocycles. The van der Waals surface area contributed by atoms with Crippen LogP contribution in [0.1, 0.15) is 139 Å². The number of allylic oxidation sites excluding steroid dienone is 2. The number of fused-ring (bicyclic) bond motifs is 2. The lowest BCUT2D eigenvalue weighted by Crippen LogP contribution is -2.38. The van der Waals surface area contributed by atoms with Crippen LogP contribution in [0.25, 0.3) is 22.1 Å². The minimum absolute atomic E-state index is 0.00225. The van der Waals surface area contributed by atoms with E-state index in [2.05, 4.69) is 96.3 Å². The van der Waals surface area contributed by atoms with Crippen LogP contribution in [-0.2, 0) is 15.0 Å². The molecule has 3 saturated heterocycles. The van der Waals surface area contributed by atoms with E-state index < -0.39 is 24.0 Å². The Morgan fingerprint density at radius 3 is 1.43 bits per heavy atom. The van der Waals surface area contributed by atoms with Gasteiger partial charge in [0.2, 0.25) is 0 Å². The molecule has 330 valence electrons. The number of nitrogens with zero attached hydrogens (tertiary/aromatic N) is 5. The summed E-state index contributed by atoms with van der Waals surface area (Å²) in [7, 11) is 0. The average Bonchev–Trinajstić information content (AvgIpc) is 4.06. The molecule has 5 aromatic rings. The third-order valence-electron chi connectivity index (χ3n) is 12.8. The Morgan fingerprint density at radius 1 is 0.619 bits per heavy atom. The third-order valence-corrected chi connectivity index (χ3v) is 12.8. The number of H-pyrrole nitrogens is 2. The molecule has 63 heavy (non-hydrogen) atoms. The summed E-state index contributed by atoms with van der Waals surface area (Å²) in [6.45, 7) is 15.2. The van der Waals surface area contributed by atoms with E-state index in [9.17, 15) is 29.4 Å². The van der Waals surface area contributed by atoms with E-state index in [4.69, 9.17) is 9.97 Å². The third kappa shape index (κ3) is 8.48. The number of amides is 4. The molecule has 4 amide bonds. The lowest BCUT2D eigenvalue weighted by atomic mass is 9.87. The van der Waals surface area contributed by atoms with E-state index >= 15 is 0 Å². The number of hydrogen-bond donors (Lipinski definition) is 6. The van der Waals surface area contributed by atoms with Crippen molar-refractivity contribution < 1.29 is 29.4 Å². The van der Waals surface area contributed by atoms with Gasteiger partial charge in [0.05, 0.1) is 46.2 Å². The SMILES string of the molecule is CC(C)=C(C(=O)NC(=O)O)N1CCCC1c1nc2ccc([C@@H]3CC[C@@H](c4ccc5nc(C6CCCN6C(C(=O)NC(=O)O)=C(C)C)[nH]c5c4)N3c3ccc(C(C)(C)C)cc3)cc2[nH]1. The maximum Gasteiger partial charge on any atom is 0.411 e. The van der Waals surface area contributed by atoms with Crippen LogP contribution in [0.4, 0.5) is 15.3 Å². The van der Waals surface area contributed by atoms with Crippen LogP contribution in [0.5, 0.6) is 0 Å². The Bertz CT molecular complexity index is 2510. The zero-order valence-corrected chi connectivity index (χ0v) is 37.0. The molecule has 2 aromatic heterocycles. The van der Waals surface area contributed by atoms with Crippen LogP contribution < -0.4 is 15.5 Å². The predicted octanol–water partition coefficient (Wildman–Crippen LogP) is 9.27. The molecule has 5 heterocycles. The molecule has 6 N–H and O–H groups in total. The number of benzene rings is 3. The van der Waals surface area contributed by atoms with E-state index in [0.29, 0.717) is 24.5 Å². The molecule has 0 saturated carbocycles. The van der Waals surface area contributed by atoms with Gasteiger partial charge in [0.1, 0.15) is 23.0 Å². The van der Waals surface area contributed by atoms with Crippen molar-refractivity contribution in [2.24, 2.45) is 0 Å². The molecule has 4 atom stereocenters. The summed E-state index contributed by atoms with van der Waals surface area (Å²) in [6.07, 6.45) is 2.27. The highest BCUT2D eigenvalue weighted by atomic mass is 16.4. The van der Waals surface area contributed by atoms with Crippen LogP contribution in [0.3, 0.4) is 0 Å². The number of anilines is 1. The molecule has 0 bridgehead atoms. The molecule has 2 unspecified atom stereocenters. The lowest BCUT2D eigenvalue weighted by molar-refractivity contribution is -0.119. The number of aromatic nitrogens is 4. The van der Waals surface area contributed by atoms with Gasteiger partial charge in [-0.2, -0.15) is 0 Å². The number of carbonyl (C=O) groups excluding carboxylic acids is 2. The van der Waals surface area contributed by atoms with E-state index in [1.54, 1.807) is 0 Å². The fourth-order valence-corrected chi connectivity index (χ4v) is 10.0. The molecule has 15 heteroatoms. The smallest absolute Gasteiger partial charge is 0.411 e. The van der Waals surface area contributed by atoms with Gasteiger partial charge >= 0.3 is 12.2 Å². The first-order valence-electron chi connectivity index (χ1n) is 21.8. The fourth-order valence-electron chi connectivity index (χ4n) is 10.0. The summed E-state index contributed by atoms with van der Waals surface area (Å²) in [5.41, 5.74) is 10.3. The molecule has 3 aliphatic heterocycles. The van der Waals surface area contributed by atoms with Gasteiger partial charge in [-0.1, -0.05) is 45.0 Å². The first-order valence-corrected chi connectivity index (χ1v) is 21.8. The first kappa shape index (κ1) is 43.0. The number of nitrogens with one attached hydrogen (secondary N) is 4. The number of rotatable bonds is 9. The maximum absolute atomic E-state index is 13.0. The lowest BCUT2D eigenvalue weighted by Gasteiger charge is -2.34. The Morgan fingerprint density at radius 2 is 1.05 bits per heavy atom. The molecule has 3 aliphatic rings. The second-order valence-electron chi connectivity index (χ2n) is 18.5. The van der Waals surface area contributed by atoms with Crippen LogP contribution in [0.15, 0.2) is 83.2 Å². The number of likely N-dealkylation sites (tertiary alicyclic amines) is 2. The van der Waals surface area contributed by atoms with Crippen molar-refractivity contribution in [3.8, 4) is 0 Å². The summed E-state index contributed by atoms with van der Waals surface area (Å²) in [4.78, 5) is 72.5. The first-order chi connectivity index (χ1) is 30.0. The second-order valence-corrected chi connectivity index (χ2v) is 18.5. The van der Waals surface area contributed by atoms with Crippen molar-refractivity contribution in [1.29, 1.82) is 0 Å². The van der Waals surface area contributed by atoms with Gasteiger partial charge in [0, 0.05) is 18.8 Å². The summed E-state index contributed by atoms with van der Waals surface area (Å²) in [6, 6.07) is 21.5. The summed E-state index contributed by atoms with van der Waals surface area (Å²) < 4.78 is 0. The molecule has 15 nitrogen and oxygen atoms in total. The standard InChI is InChI=1S/C48H57N9O6/c1-26(2)40(44(58)53-46(60)61)55-22-8-10-38(55)42-49-32-18-12-28(24-34(32)51-42)36-20-21-37(57(36)31-16-14-30(15-17-31)48(5,6)7)29-13-19-33-35(25-29)52-43(50-33)39-11-9-23-56(39)41(27(3)4)45(59)54-47(62)63/h12-19,24-25,36-39H,8-11,20-23H2,1-7H3,(H,49,51)(H,50,52)(H,53,58)(H,54,59)(H,60,61)(H,62,63)/t36-,37-,38?,39?/m0/s1. The topological polar surface area (TPSA) is 200 Å². The van der Waals surface area contributed by atoms with Gasteiger partial charge in [-0.15, -0.1) is 0 Å². The maximum atomic E-state index is 13.0. The van der Waals surface area contributed by atoms with Gasteiger partial charge < -0.3 is 34.9 Å². The number of hydrogen-bond acceptors (Lipinski definition) is 9. The van der Waals surface area contributed by atoms with Crippen molar-refractivity contribution in [2.45, 2.75) is 117 Å². The molecule has 0 spiro atoms. The average molecular weight is 856 g/mol. The summed E-state index contributed by atoms with van der Waals surface area (Å²) in [5, 5.41) is 22.6. The Hall–Kier alpha value is -6.64. The Labute approximate surface area is 366 Å². The van der Waals surface area contributed by atoms with E-state index in [-0.39, 0.29) is 29.6 Å². The Balaban J connectivity index is 1.12. The van der Waals surface area contributed by atoms with Gasteiger partial charge in [-0.25, -0.2) is 19.6 Å². The summed E-state index contributed by atoms with van der Waals surface area (Å²) >= 11 is 0. The minimum atomic E-state index is -1.38. The number of carboxylic acid groups (broad SMARTS) is 2. The van der Waals surface area contributed by atoms with Gasteiger partial charge in [-0.3, -0.25) is 20.2 Å². The highest BCUT2D eigenvalue weighted by Crippen LogP contribution is 2.48. The van der Waals surface area contributed by atoms with Gasteiger partial charge in [-0.05, 0) is 136 Å². The highest BCUT2D eigenvalue weighted by Gasteiger charge is 2.38. The molecule has 8 rings (SSSR count). The zero-order chi connectivity index (χ0) is 44.9. The van der Waals surface area contributed by atoms with Gasteiger partial charge in [0.25, 0.3) is 11.8 Å². The number of aromatic amines is 2. The van der Waals surface area contributed by atoms with E-state index in [1.165, 1.54) is 5.56 Å². The number of carbonyl (C=O) groups is 4. The van der Waals surface area contributed by atoms with Crippen LogP contribution in [0, 0.1) is 0 Å². The molecule has 3 aromatic carbocycles. The molecule has 3 fully saturated rings. The molecule has 0 radical (unpaired) electrons. The fraction of sp³-hybridized carbons (Fsp3) is 0.417. The monoisotopic (exact) mass is 855 g/mol. The van der Waals surface area contributed by atoms with Crippen molar-refractivity contribution in [3.63, 3.8) is 0 Å². The molecular formula is C48H57N9O6. The van der Waals surface area contributed by atoms with Crippen molar-refractivity contribution in [2.75, 3.05) is 18.0 Å². The quantitative estimate of drug-likeness (QED) is 0.0772. The van der Waals surface area contributed by atoms with Crippen LogP contribution >= 0.6 is 0 Å². The van der Waals surface area contributed by atoms with Crippen molar-refractivity contribution in [1.82, 2.24) is 40.4 Å². The normalized spacial score (nSPS) is 20.1. The van der Waals surface area contributed by atoms with E-state index in [0.717, 1.165) is 100 Å². The predicted molar refractivity (Wildman–Crippen MR) is 241 cm³/mol. The Kier molecular flexibility index (Phi) is 11.5. The minimum Gasteiger partial charge on any atom is -0.465 e. The largest absolute Gasteiger partial charge is 0.465 e. The van der Waals surface area contributed by atoms with Crippen LogP contribution in [-0.4, -0.2) is 77.0 Å². The van der Waals surface area contributed by atoms with Gasteiger partial charge in [0.15, 0.2) is 0 Å². The van der Waals surface area contributed by atoms with Crippen molar-refractivity contribution >= 4 is 51.8 Å². The second kappa shape index (κ2) is 16.9. The molecular weight excluding hydrogens is 799 g/mol. The van der Waals surface area contributed by atoms with Crippen molar-refractivity contribution in [3.05, 3.63) is 112 Å². The zero-order valence-electron chi connectivity index (χ0n) is 37.0.